The van der Waals surface area contributed by atoms with Gasteiger partial charge in [-0.05, 0) is 30.4 Å². The zero-order valence-electron chi connectivity index (χ0n) is 11.0. The van der Waals surface area contributed by atoms with E-state index in [4.69, 9.17) is 9.47 Å². The average molecular weight is 270 g/mol. The minimum absolute atomic E-state index is 0.0866. The summed E-state index contributed by atoms with van der Waals surface area (Å²) >= 11 is 0. The van der Waals surface area contributed by atoms with Crippen LogP contribution in [0.2, 0.25) is 0 Å². The Morgan fingerprint density at radius 2 is 2.20 bits per heavy atom. The second kappa shape index (κ2) is 4.89. The van der Waals surface area contributed by atoms with Crippen LogP contribution in [-0.2, 0) is 14.3 Å². The van der Waals surface area contributed by atoms with Crippen LogP contribution >= 0.6 is 0 Å². The molecule has 2 aliphatic rings. The number of aromatic hydroxyl groups is 1. The van der Waals surface area contributed by atoms with Gasteiger partial charge in [0, 0.05) is 10.8 Å². The first-order chi connectivity index (χ1) is 9.70. The van der Waals surface area contributed by atoms with Crippen LogP contribution in [0, 0.1) is 0 Å². The van der Waals surface area contributed by atoms with Gasteiger partial charge in [0.1, 0.15) is 11.9 Å². The highest BCUT2D eigenvalue weighted by Crippen LogP contribution is 2.21. The zero-order valence-corrected chi connectivity index (χ0v) is 11.0. The van der Waals surface area contributed by atoms with Gasteiger partial charge in [0.2, 0.25) is 5.76 Å². The number of allylic oxidation sites excluding steroid dienone is 2. The van der Waals surface area contributed by atoms with Crippen LogP contribution in [0.25, 0.3) is 11.3 Å². The molecule has 20 heavy (non-hydrogen) atoms. The lowest BCUT2D eigenvalue weighted by molar-refractivity contribution is -0.138. The van der Waals surface area contributed by atoms with E-state index in [9.17, 15) is 9.90 Å². The normalized spacial score (nSPS) is 19.1. The molecule has 3 rings (SSSR count). The van der Waals surface area contributed by atoms with Gasteiger partial charge in [0.15, 0.2) is 0 Å². The first kappa shape index (κ1) is 12.5. The number of hydrogen-bond acceptors (Lipinski definition) is 4. The molecule has 0 fully saturated rings. The maximum Gasteiger partial charge on any atom is 0.374 e. The summed E-state index contributed by atoms with van der Waals surface area (Å²) < 4.78 is 10.8. The molecule has 0 amide bonds. The quantitative estimate of drug-likeness (QED) is 0.805. The van der Waals surface area contributed by atoms with E-state index in [0.29, 0.717) is 5.22 Å². The van der Waals surface area contributed by atoms with Gasteiger partial charge < -0.3 is 14.6 Å². The highest BCUT2D eigenvalue weighted by molar-refractivity contribution is 6.07. The Morgan fingerprint density at radius 3 is 3.00 bits per heavy atom. The van der Waals surface area contributed by atoms with E-state index >= 15 is 0 Å². The number of fused-ring (bicyclic) bond motifs is 2. The fraction of sp³-hybridized carbons (Fsp3) is 0.188. The van der Waals surface area contributed by atoms with Gasteiger partial charge in [0.05, 0.1) is 6.61 Å². The minimum Gasteiger partial charge on any atom is -0.508 e. The van der Waals surface area contributed by atoms with Crippen molar-refractivity contribution in [1.29, 1.82) is 0 Å². The third kappa shape index (κ3) is 1.99. The second-order valence-electron chi connectivity index (χ2n) is 4.52. The molecular formula is C16H14O4. The molecule has 4 heteroatoms. The molecule has 0 bridgehead atoms. The Balaban J connectivity index is 2.31. The number of esters is 1. The molecule has 4 nitrogen and oxygen atoms in total. The Labute approximate surface area is 115 Å². The number of benzene rings is 1. The summed E-state index contributed by atoms with van der Waals surface area (Å²) in [5, 5.41) is 11.1. The number of ether oxygens (including phenoxy) is 2. The first-order valence-electron chi connectivity index (χ1n) is 6.47. The summed E-state index contributed by atoms with van der Waals surface area (Å²) in [7, 11) is 0. The molecule has 102 valence electrons. The molecule has 0 spiro atoms. The fourth-order valence-electron chi connectivity index (χ4n) is 2.39. The summed E-state index contributed by atoms with van der Waals surface area (Å²) in [6.07, 6.45) is 7.33. The predicted molar refractivity (Wildman–Crippen MR) is 74.0 cm³/mol. The van der Waals surface area contributed by atoms with E-state index in [-0.39, 0.29) is 24.2 Å². The Kier molecular flexibility index (Phi) is 3.06. The molecule has 1 aromatic carbocycles. The van der Waals surface area contributed by atoms with Crippen LogP contribution in [0.5, 0.6) is 5.75 Å². The van der Waals surface area contributed by atoms with Crippen LogP contribution in [0.15, 0.2) is 42.5 Å². The van der Waals surface area contributed by atoms with Crippen LogP contribution in [0.1, 0.15) is 6.92 Å². The van der Waals surface area contributed by atoms with Crippen LogP contribution < -0.4 is 10.4 Å². The first-order valence-corrected chi connectivity index (χ1v) is 6.47. The maximum absolute atomic E-state index is 12.0. The van der Waals surface area contributed by atoms with Crippen LogP contribution in [0.3, 0.4) is 0 Å². The largest absolute Gasteiger partial charge is 0.508 e. The van der Waals surface area contributed by atoms with Gasteiger partial charge in [-0.1, -0.05) is 24.3 Å². The summed E-state index contributed by atoms with van der Waals surface area (Å²) in [4.78, 5) is 12.0. The molecule has 1 heterocycles. The Morgan fingerprint density at radius 1 is 1.35 bits per heavy atom. The lowest BCUT2D eigenvalue weighted by Crippen LogP contribution is -2.40. The van der Waals surface area contributed by atoms with E-state index in [1.807, 2.05) is 24.3 Å². The molecule has 1 unspecified atom stereocenters. The van der Waals surface area contributed by atoms with E-state index in [1.54, 1.807) is 19.1 Å². The zero-order chi connectivity index (χ0) is 14.1. The van der Waals surface area contributed by atoms with Crippen molar-refractivity contribution in [2.75, 3.05) is 6.61 Å². The van der Waals surface area contributed by atoms with Crippen molar-refractivity contribution in [1.82, 2.24) is 0 Å². The fourth-order valence-corrected chi connectivity index (χ4v) is 2.39. The van der Waals surface area contributed by atoms with E-state index < -0.39 is 5.97 Å². The number of carbonyl (C=O) groups excluding carboxylic acids is 1. The van der Waals surface area contributed by atoms with Crippen LogP contribution in [0.4, 0.5) is 0 Å². The summed E-state index contributed by atoms with van der Waals surface area (Å²) in [6, 6.07) is 4.92. The molecule has 1 aromatic rings. The second-order valence-corrected chi connectivity index (χ2v) is 4.52. The highest BCUT2D eigenvalue weighted by atomic mass is 16.6. The maximum atomic E-state index is 12.0. The van der Waals surface area contributed by atoms with Gasteiger partial charge in [-0.3, -0.25) is 0 Å². The lowest BCUT2D eigenvalue weighted by Gasteiger charge is -2.24. The molecule has 1 aliphatic heterocycles. The summed E-state index contributed by atoms with van der Waals surface area (Å²) in [6.45, 7) is 2.02. The number of rotatable bonds is 2. The number of carbonyl (C=O) groups is 1. The number of hydrogen-bond donors (Lipinski definition) is 1. The minimum atomic E-state index is -0.513. The van der Waals surface area contributed by atoms with Crippen molar-refractivity contribution in [3.63, 3.8) is 0 Å². The van der Waals surface area contributed by atoms with Gasteiger partial charge >= 0.3 is 5.97 Å². The molecule has 1 aliphatic carbocycles. The third-order valence-electron chi connectivity index (χ3n) is 3.24. The topological polar surface area (TPSA) is 55.8 Å². The van der Waals surface area contributed by atoms with E-state index in [1.165, 1.54) is 6.07 Å². The monoisotopic (exact) mass is 270 g/mol. The van der Waals surface area contributed by atoms with E-state index in [0.717, 1.165) is 10.8 Å². The third-order valence-corrected chi connectivity index (χ3v) is 3.24. The van der Waals surface area contributed by atoms with Gasteiger partial charge in [-0.25, -0.2) is 4.79 Å². The molecule has 0 radical (unpaired) electrons. The van der Waals surface area contributed by atoms with E-state index in [2.05, 4.69) is 0 Å². The lowest BCUT2D eigenvalue weighted by atomic mass is 9.97. The Bertz CT molecular complexity index is 740. The van der Waals surface area contributed by atoms with Crippen molar-refractivity contribution in [2.45, 2.75) is 13.0 Å². The number of phenols is 1. The summed E-state index contributed by atoms with van der Waals surface area (Å²) in [5.74, 6) is -0.281. The van der Waals surface area contributed by atoms with Crippen molar-refractivity contribution >= 4 is 17.3 Å². The van der Waals surface area contributed by atoms with Crippen molar-refractivity contribution in [2.24, 2.45) is 0 Å². The summed E-state index contributed by atoms with van der Waals surface area (Å²) in [5.41, 5.74) is 0.968. The molecule has 1 N–H and O–H groups in total. The van der Waals surface area contributed by atoms with Crippen molar-refractivity contribution in [3.8, 4) is 5.75 Å². The average Bonchev–Trinajstić information content (AvgIpc) is 2.46. The molecule has 1 atom stereocenters. The molecule has 0 aromatic heterocycles. The number of phenolic OH excluding ortho intramolecular Hbond substituents is 1. The molecule has 0 saturated carbocycles. The van der Waals surface area contributed by atoms with Crippen LogP contribution in [-0.4, -0.2) is 23.8 Å². The standard InChI is InChI=1S/C16H14O4/c1-2-19-16(18)15-13-9-10(17)7-8-11(13)12-5-3-4-6-14(12)20-15/h3-9,14,17H,2H2,1H3. The molecular weight excluding hydrogens is 256 g/mol. The predicted octanol–water partition coefficient (Wildman–Crippen LogP) is 0.739. The van der Waals surface area contributed by atoms with Gasteiger partial charge in [-0.2, -0.15) is 0 Å². The van der Waals surface area contributed by atoms with Gasteiger partial charge in [0.25, 0.3) is 0 Å². The SMILES string of the molecule is CCOC(=O)C1=c2cc(O)ccc2=C2C=CC=CC2O1. The van der Waals surface area contributed by atoms with Crippen molar-refractivity contribution < 1.29 is 19.4 Å². The van der Waals surface area contributed by atoms with Crippen molar-refractivity contribution in [3.05, 3.63) is 52.9 Å². The Hall–Kier alpha value is -2.49. The smallest absolute Gasteiger partial charge is 0.374 e. The van der Waals surface area contributed by atoms with Gasteiger partial charge in [-0.15, -0.1) is 0 Å². The highest BCUT2D eigenvalue weighted by Gasteiger charge is 2.26. The molecule has 0 saturated heterocycles.